The molecular formula is C20H45Bi3S2. The fourth-order valence-electron chi connectivity index (χ4n) is 2.37. The van der Waals surface area contributed by atoms with Crippen LogP contribution < -0.4 is 0 Å². The number of unbranched alkanes of at least 4 members (excludes halogenated alkanes) is 5. The molecule has 0 aromatic carbocycles. The average Bonchev–Trinajstić information content (AvgIpc) is 2.63. The van der Waals surface area contributed by atoms with Crippen LogP contribution in [0.25, 0.3) is 0 Å². The molecule has 0 heterocycles. The zero-order chi connectivity index (χ0) is 18.8. The Balaban J connectivity index is 4.70. The van der Waals surface area contributed by atoms with Crippen LogP contribution in [0.2, 0.25) is 20.6 Å². The zero-order valence-corrected chi connectivity index (χ0v) is 29.8. The Kier molecular flexibility index (Phi) is 25.0. The van der Waals surface area contributed by atoms with Gasteiger partial charge in [0.1, 0.15) is 0 Å². The van der Waals surface area contributed by atoms with Crippen LogP contribution in [0.4, 0.5) is 0 Å². The van der Waals surface area contributed by atoms with Crippen LogP contribution in [0.1, 0.15) is 98.8 Å². The Morgan fingerprint density at radius 1 is 0.440 bits per heavy atom. The van der Waals surface area contributed by atoms with Crippen molar-refractivity contribution in [2.75, 3.05) is 0 Å². The summed E-state index contributed by atoms with van der Waals surface area (Å²) in [6.45, 7) is 12.0. The molecule has 0 aliphatic rings. The fourth-order valence-corrected chi connectivity index (χ4v) is 273. The van der Waals surface area contributed by atoms with Gasteiger partial charge in [-0.15, -0.1) is 0 Å². The van der Waals surface area contributed by atoms with E-state index < -0.39 is 59.4 Å². The Morgan fingerprint density at radius 2 is 0.720 bits per heavy atom. The van der Waals surface area contributed by atoms with Crippen molar-refractivity contribution in [3.8, 4) is 0 Å². The number of rotatable bonds is 19. The first-order valence-electron chi connectivity index (χ1n) is 10.8. The summed E-state index contributed by atoms with van der Waals surface area (Å²) >= 11 is -3.57. The van der Waals surface area contributed by atoms with E-state index in [1.807, 2.05) is 0 Å². The zero-order valence-electron chi connectivity index (χ0n) is 17.8. The van der Waals surface area contributed by atoms with Gasteiger partial charge in [-0.25, -0.2) is 0 Å². The Bertz CT molecular complexity index is 229. The predicted octanol–water partition coefficient (Wildman–Crippen LogP) is 8.92. The second-order valence-corrected chi connectivity index (χ2v) is 82.0. The standard InChI is InChI=1S/5C4H9.3Bi.2S/c5*1-3-4-2;;;;;/h5*1,3-4H2,2H3;;;;;. The maximum atomic E-state index is 2.83. The summed E-state index contributed by atoms with van der Waals surface area (Å²) in [6.07, 6.45) is 15.0. The molecule has 0 bridgehead atoms. The van der Waals surface area contributed by atoms with Gasteiger partial charge in [-0.05, 0) is 0 Å². The summed E-state index contributed by atoms with van der Waals surface area (Å²) in [6, 6.07) is 0. The molecule has 0 saturated carbocycles. The molecule has 0 rings (SSSR count). The van der Waals surface area contributed by atoms with Gasteiger partial charge in [0.2, 0.25) is 0 Å². The van der Waals surface area contributed by atoms with Crippen molar-refractivity contribution in [2.24, 2.45) is 0 Å². The molecule has 0 aliphatic carbocycles. The van der Waals surface area contributed by atoms with Gasteiger partial charge in [0, 0.05) is 0 Å². The van der Waals surface area contributed by atoms with Crippen molar-refractivity contribution in [2.45, 2.75) is 119 Å². The summed E-state index contributed by atoms with van der Waals surface area (Å²) in [5, 5.41) is 5.65. The molecule has 25 heavy (non-hydrogen) atoms. The molecule has 0 amide bonds. The third kappa shape index (κ3) is 17.9. The van der Waals surface area contributed by atoms with Gasteiger partial charge in [0.25, 0.3) is 0 Å². The molecule has 0 saturated heterocycles. The summed E-state index contributed by atoms with van der Waals surface area (Å²) < 4.78 is 8.61. The Morgan fingerprint density at radius 3 is 1.00 bits per heavy atom. The van der Waals surface area contributed by atoms with Crippen molar-refractivity contribution in [3.63, 3.8) is 0 Å². The SMILES string of the molecule is CCC[CH2][Bi]([CH2]CCC)[S][Bi]([CH2]CCC)[S][Bi]([CH2]CCC)[CH2]CCC. The molecule has 0 aliphatic heterocycles. The van der Waals surface area contributed by atoms with E-state index in [1.54, 1.807) is 52.7 Å². The van der Waals surface area contributed by atoms with Gasteiger partial charge in [-0.3, -0.25) is 0 Å². The van der Waals surface area contributed by atoms with Crippen LogP contribution in [-0.2, 0) is 0 Å². The second-order valence-electron chi connectivity index (χ2n) is 6.85. The molecule has 0 nitrogen and oxygen atoms in total. The first-order chi connectivity index (χ1) is 12.2. The third-order valence-electron chi connectivity index (χ3n) is 4.15. The minimum absolute atomic E-state index is 1.16. The van der Waals surface area contributed by atoms with Crippen LogP contribution in [0.5, 0.6) is 0 Å². The van der Waals surface area contributed by atoms with Crippen LogP contribution in [0.15, 0.2) is 0 Å². The van der Waals surface area contributed by atoms with Gasteiger partial charge >= 0.3 is 189 Å². The monoisotopic (exact) mass is 976 g/mol. The van der Waals surface area contributed by atoms with Gasteiger partial charge in [-0.2, -0.15) is 0 Å². The summed E-state index contributed by atoms with van der Waals surface area (Å²) in [7, 11) is 0. The molecule has 0 aromatic heterocycles. The molecule has 0 atom stereocenters. The van der Waals surface area contributed by atoms with Gasteiger partial charge in [-0.1, -0.05) is 0 Å². The van der Waals surface area contributed by atoms with Crippen LogP contribution in [0.3, 0.4) is 0 Å². The summed E-state index contributed by atoms with van der Waals surface area (Å²) in [4.78, 5) is 0. The van der Waals surface area contributed by atoms with Crippen molar-refractivity contribution in [1.82, 2.24) is 0 Å². The van der Waals surface area contributed by atoms with Gasteiger partial charge in [0.05, 0.1) is 0 Å². The van der Waals surface area contributed by atoms with E-state index in [2.05, 4.69) is 45.2 Å². The van der Waals surface area contributed by atoms with Gasteiger partial charge < -0.3 is 0 Å². The van der Waals surface area contributed by atoms with Crippen LogP contribution in [-0.4, -0.2) is 59.4 Å². The van der Waals surface area contributed by atoms with E-state index in [0.717, 1.165) is 0 Å². The van der Waals surface area contributed by atoms with Crippen molar-refractivity contribution in [1.29, 1.82) is 0 Å². The minimum atomic E-state index is -1.25. The first kappa shape index (κ1) is 28.3. The summed E-state index contributed by atoms with van der Waals surface area (Å²) in [5.41, 5.74) is 0. The quantitative estimate of drug-likeness (QED) is 0.119. The second kappa shape index (κ2) is 22.0. The van der Waals surface area contributed by atoms with Crippen LogP contribution >= 0.6 is 10.5 Å². The van der Waals surface area contributed by atoms with Crippen molar-refractivity contribution >= 4 is 69.9 Å². The molecule has 0 aromatic rings. The molecule has 0 N–H and O–H groups in total. The molecule has 152 valence electrons. The molecule has 0 unspecified atom stereocenters. The average molecular weight is 977 g/mol. The number of hydrogen-bond acceptors (Lipinski definition) is 2. The van der Waals surface area contributed by atoms with E-state index in [4.69, 9.17) is 0 Å². The Hall–Kier alpha value is 3.35. The van der Waals surface area contributed by atoms with E-state index in [1.165, 1.54) is 32.1 Å². The van der Waals surface area contributed by atoms with Crippen molar-refractivity contribution < 1.29 is 0 Å². The number of hydrogen-bond donors (Lipinski definition) is 0. The van der Waals surface area contributed by atoms with E-state index >= 15 is 0 Å². The maximum absolute atomic E-state index is 2.83. The van der Waals surface area contributed by atoms with Gasteiger partial charge in [0.15, 0.2) is 0 Å². The van der Waals surface area contributed by atoms with E-state index in [0.29, 0.717) is 0 Å². The molecular weight excluding hydrogens is 931 g/mol. The van der Waals surface area contributed by atoms with Crippen molar-refractivity contribution in [3.05, 3.63) is 0 Å². The molecule has 0 spiro atoms. The molecule has 0 fully saturated rings. The third-order valence-corrected chi connectivity index (χ3v) is 155. The topological polar surface area (TPSA) is 0 Å². The fraction of sp³-hybridized carbons (Fsp3) is 1.00. The van der Waals surface area contributed by atoms with Crippen LogP contribution in [0, 0.1) is 0 Å². The predicted molar refractivity (Wildman–Crippen MR) is 131 cm³/mol. The van der Waals surface area contributed by atoms with E-state index in [-0.39, 0.29) is 0 Å². The van der Waals surface area contributed by atoms with E-state index in [9.17, 15) is 0 Å². The first-order valence-corrected chi connectivity index (χ1v) is 41.6. The summed E-state index contributed by atoms with van der Waals surface area (Å²) in [5.74, 6) is 0. The normalized spacial score (nSPS) is 12.0. The molecule has 0 radical (unpaired) electrons. The Labute approximate surface area is 186 Å². The molecule has 5 heteroatoms.